The molecule has 0 aromatic carbocycles. The van der Waals surface area contributed by atoms with Crippen LogP contribution in [0.25, 0.3) is 0 Å². The fraction of sp³-hybridized carbons (Fsp3) is 0.933. The van der Waals surface area contributed by atoms with E-state index in [0.29, 0.717) is 31.8 Å². The fourth-order valence-electron chi connectivity index (χ4n) is 3.10. The molecule has 116 valence electrons. The zero-order valence-electron chi connectivity index (χ0n) is 12.4. The number of hydrogen-bond acceptors (Lipinski definition) is 3. The Bertz CT molecular complexity index is 306. The van der Waals surface area contributed by atoms with Gasteiger partial charge in [0.2, 0.25) is 0 Å². The van der Waals surface area contributed by atoms with Crippen molar-refractivity contribution in [1.82, 2.24) is 5.32 Å². The minimum Gasteiger partial charge on any atom is -0.396 e. The van der Waals surface area contributed by atoms with Gasteiger partial charge in [0.25, 0.3) is 0 Å². The van der Waals surface area contributed by atoms with Crippen LogP contribution in [0.4, 0.5) is 0 Å². The summed E-state index contributed by atoms with van der Waals surface area (Å²) in [6.07, 6.45) is 9.34. The number of nitrogens with zero attached hydrogens (tertiary/aromatic N) is 1. The standard InChI is InChI=1S/C15H29N3O2/c16-14(18-13-5-3-1-2-4-6-13)17-11-15(12-19)7-9-20-10-8-15/h13,19H,1-12H2,(H3,16,17,18). The first kappa shape index (κ1) is 15.6. The van der Waals surface area contributed by atoms with Crippen LogP contribution in [0.2, 0.25) is 0 Å². The van der Waals surface area contributed by atoms with E-state index in [1.807, 2.05) is 0 Å². The Kier molecular flexibility index (Phi) is 6.10. The summed E-state index contributed by atoms with van der Waals surface area (Å²) in [6.45, 7) is 2.19. The van der Waals surface area contributed by atoms with Gasteiger partial charge in [-0.3, -0.25) is 4.99 Å². The van der Waals surface area contributed by atoms with E-state index in [0.717, 1.165) is 12.8 Å². The molecule has 0 amide bonds. The van der Waals surface area contributed by atoms with Crippen molar-refractivity contribution < 1.29 is 9.84 Å². The number of guanidine groups is 1. The lowest BCUT2D eigenvalue weighted by molar-refractivity contribution is -0.0106. The SMILES string of the molecule is NC(=NCC1(CO)CCOCC1)NC1CCCCCC1. The Morgan fingerprint density at radius 2 is 1.85 bits per heavy atom. The third kappa shape index (κ3) is 4.63. The Morgan fingerprint density at radius 3 is 2.45 bits per heavy atom. The van der Waals surface area contributed by atoms with Crippen molar-refractivity contribution in [3.8, 4) is 0 Å². The molecule has 0 radical (unpaired) electrons. The van der Waals surface area contributed by atoms with Crippen molar-refractivity contribution in [3.63, 3.8) is 0 Å². The molecule has 1 heterocycles. The molecule has 4 N–H and O–H groups in total. The van der Waals surface area contributed by atoms with Gasteiger partial charge < -0.3 is 20.9 Å². The number of aliphatic hydroxyl groups excluding tert-OH is 1. The molecule has 0 aromatic rings. The summed E-state index contributed by atoms with van der Waals surface area (Å²) < 4.78 is 5.36. The van der Waals surface area contributed by atoms with Gasteiger partial charge in [0.15, 0.2) is 5.96 Å². The Hall–Kier alpha value is -0.810. The number of rotatable bonds is 4. The normalized spacial score (nSPS) is 25.1. The van der Waals surface area contributed by atoms with Crippen LogP contribution in [-0.2, 0) is 4.74 Å². The first-order valence-electron chi connectivity index (χ1n) is 7.99. The Morgan fingerprint density at radius 1 is 1.20 bits per heavy atom. The number of hydrogen-bond donors (Lipinski definition) is 3. The summed E-state index contributed by atoms with van der Waals surface area (Å²) in [5.41, 5.74) is 5.88. The first-order chi connectivity index (χ1) is 9.74. The molecule has 0 spiro atoms. The molecule has 5 nitrogen and oxygen atoms in total. The predicted molar refractivity (Wildman–Crippen MR) is 80.7 cm³/mol. The molecule has 2 fully saturated rings. The maximum atomic E-state index is 9.63. The van der Waals surface area contributed by atoms with Gasteiger partial charge in [0.05, 0.1) is 13.2 Å². The van der Waals surface area contributed by atoms with Crippen molar-refractivity contribution in [2.45, 2.75) is 57.4 Å². The molecule has 1 saturated heterocycles. The highest BCUT2D eigenvalue weighted by Crippen LogP contribution is 2.30. The van der Waals surface area contributed by atoms with Crippen LogP contribution in [0.5, 0.6) is 0 Å². The van der Waals surface area contributed by atoms with E-state index in [4.69, 9.17) is 10.5 Å². The minimum atomic E-state index is -0.131. The summed E-state index contributed by atoms with van der Waals surface area (Å²) >= 11 is 0. The number of aliphatic imine (C=N–C) groups is 1. The van der Waals surface area contributed by atoms with E-state index in [-0.39, 0.29) is 12.0 Å². The van der Waals surface area contributed by atoms with Gasteiger partial charge in [-0.2, -0.15) is 0 Å². The molecular formula is C15H29N3O2. The second-order valence-corrected chi connectivity index (χ2v) is 6.30. The third-order valence-corrected chi connectivity index (χ3v) is 4.68. The predicted octanol–water partition coefficient (Wildman–Crippen LogP) is 1.40. The van der Waals surface area contributed by atoms with Crippen LogP contribution in [0.1, 0.15) is 51.4 Å². The van der Waals surface area contributed by atoms with Gasteiger partial charge in [-0.1, -0.05) is 25.7 Å². The van der Waals surface area contributed by atoms with E-state index >= 15 is 0 Å². The van der Waals surface area contributed by atoms with Crippen LogP contribution in [0.3, 0.4) is 0 Å². The van der Waals surface area contributed by atoms with Gasteiger partial charge in [-0.05, 0) is 25.7 Å². The zero-order chi connectivity index (χ0) is 14.3. The van der Waals surface area contributed by atoms with Gasteiger partial charge in [-0.15, -0.1) is 0 Å². The molecule has 1 aliphatic carbocycles. The highest BCUT2D eigenvalue weighted by molar-refractivity contribution is 5.78. The molecular weight excluding hydrogens is 254 g/mol. The third-order valence-electron chi connectivity index (χ3n) is 4.68. The first-order valence-corrected chi connectivity index (χ1v) is 7.99. The van der Waals surface area contributed by atoms with Crippen LogP contribution in [-0.4, -0.2) is 43.5 Å². The Balaban J connectivity index is 1.82. The second kappa shape index (κ2) is 7.84. The summed E-state index contributed by atoms with van der Waals surface area (Å²) in [5.74, 6) is 0.538. The van der Waals surface area contributed by atoms with Crippen molar-refractivity contribution in [1.29, 1.82) is 0 Å². The number of nitrogens with two attached hydrogens (primary N) is 1. The molecule has 0 aromatic heterocycles. The van der Waals surface area contributed by atoms with Gasteiger partial charge in [0.1, 0.15) is 0 Å². The molecule has 1 aliphatic heterocycles. The molecule has 20 heavy (non-hydrogen) atoms. The van der Waals surface area contributed by atoms with Gasteiger partial charge >= 0.3 is 0 Å². The minimum absolute atomic E-state index is 0.131. The lowest BCUT2D eigenvalue weighted by Crippen LogP contribution is -2.42. The molecule has 2 rings (SSSR count). The molecule has 0 unspecified atom stereocenters. The average molecular weight is 283 g/mol. The molecule has 0 bridgehead atoms. The maximum Gasteiger partial charge on any atom is 0.188 e. The van der Waals surface area contributed by atoms with E-state index in [2.05, 4.69) is 10.3 Å². The summed E-state index contributed by atoms with van der Waals surface area (Å²) in [7, 11) is 0. The highest BCUT2D eigenvalue weighted by Gasteiger charge is 2.31. The van der Waals surface area contributed by atoms with Crippen molar-refractivity contribution in [2.24, 2.45) is 16.1 Å². The van der Waals surface area contributed by atoms with E-state index in [9.17, 15) is 5.11 Å². The quantitative estimate of drug-likeness (QED) is 0.414. The van der Waals surface area contributed by atoms with Crippen LogP contribution in [0.15, 0.2) is 4.99 Å². The lowest BCUT2D eigenvalue weighted by atomic mass is 9.81. The zero-order valence-corrected chi connectivity index (χ0v) is 12.4. The monoisotopic (exact) mass is 283 g/mol. The number of ether oxygens (including phenoxy) is 1. The lowest BCUT2D eigenvalue weighted by Gasteiger charge is -2.34. The molecule has 1 saturated carbocycles. The summed E-state index contributed by atoms with van der Waals surface area (Å²) in [6, 6.07) is 0.473. The molecule has 0 atom stereocenters. The van der Waals surface area contributed by atoms with Crippen LogP contribution < -0.4 is 11.1 Å². The second-order valence-electron chi connectivity index (χ2n) is 6.30. The topological polar surface area (TPSA) is 79.9 Å². The van der Waals surface area contributed by atoms with Crippen LogP contribution in [0, 0.1) is 5.41 Å². The van der Waals surface area contributed by atoms with Crippen molar-refractivity contribution in [3.05, 3.63) is 0 Å². The number of aliphatic hydroxyl groups is 1. The highest BCUT2D eigenvalue weighted by atomic mass is 16.5. The van der Waals surface area contributed by atoms with E-state index < -0.39 is 0 Å². The summed E-state index contributed by atoms with van der Waals surface area (Å²) in [4.78, 5) is 4.48. The maximum absolute atomic E-state index is 9.63. The molecule has 2 aliphatic rings. The van der Waals surface area contributed by atoms with Gasteiger partial charge in [0, 0.05) is 24.7 Å². The smallest absolute Gasteiger partial charge is 0.188 e. The Labute approximate surface area is 122 Å². The average Bonchev–Trinajstić information content (AvgIpc) is 2.75. The molecule has 5 heteroatoms. The number of nitrogens with one attached hydrogen (secondary N) is 1. The van der Waals surface area contributed by atoms with Gasteiger partial charge in [-0.25, -0.2) is 0 Å². The fourth-order valence-corrected chi connectivity index (χ4v) is 3.10. The van der Waals surface area contributed by atoms with Crippen molar-refractivity contribution >= 4 is 5.96 Å². The summed E-state index contributed by atoms with van der Waals surface area (Å²) in [5, 5.41) is 13.0. The largest absolute Gasteiger partial charge is 0.396 e. The van der Waals surface area contributed by atoms with E-state index in [1.54, 1.807) is 0 Å². The van der Waals surface area contributed by atoms with Crippen molar-refractivity contribution in [2.75, 3.05) is 26.4 Å². The van der Waals surface area contributed by atoms with E-state index in [1.165, 1.54) is 38.5 Å². The van der Waals surface area contributed by atoms with Crippen LogP contribution >= 0.6 is 0 Å².